The molecule has 0 spiro atoms. The molecule has 0 radical (unpaired) electrons. The van der Waals surface area contributed by atoms with E-state index in [1.54, 1.807) is 6.92 Å². The maximum absolute atomic E-state index is 12.8. The molecule has 144 valence electrons. The van der Waals surface area contributed by atoms with E-state index in [1.165, 1.54) is 0 Å². The molecular weight excluding hydrogens is 364 g/mol. The van der Waals surface area contributed by atoms with Crippen LogP contribution in [0.4, 0.5) is 0 Å². The summed E-state index contributed by atoms with van der Waals surface area (Å²) >= 11 is 6.25. The number of aromatic nitrogens is 2. The quantitative estimate of drug-likeness (QED) is 0.875. The van der Waals surface area contributed by atoms with Crippen molar-refractivity contribution in [1.29, 1.82) is 0 Å². The highest BCUT2D eigenvalue weighted by Crippen LogP contribution is 2.20. The highest BCUT2D eigenvalue weighted by molar-refractivity contribution is 6.31. The zero-order chi connectivity index (χ0) is 19.6. The summed E-state index contributed by atoms with van der Waals surface area (Å²) in [5.74, 6) is -0.0102. The Hall–Kier alpha value is -2.34. The molecule has 1 aliphatic heterocycles. The van der Waals surface area contributed by atoms with Crippen LogP contribution in [0.25, 0.3) is 0 Å². The van der Waals surface area contributed by atoms with E-state index >= 15 is 0 Å². The highest BCUT2D eigenvalue weighted by atomic mass is 35.5. The minimum atomic E-state index is -0.100. The van der Waals surface area contributed by atoms with Crippen LogP contribution in [0.1, 0.15) is 47.1 Å². The minimum absolute atomic E-state index is 0.0822. The lowest BCUT2D eigenvalue weighted by Crippen LogP contribution is -2.46. The molecule has 1 fully saturated rings. The van der Waals surface area contributed by atoms with E-state index in [0.717, 1.165) is 24.1 Å². The van der Waals surface area contributed by atoms with Gasteiger partial charge in [-0.1, -0.05) is 29.8 Å². The third-order valence-corrected chi connectivity index (χ3v) is 5.53. The third-order valence-electron chi connectivity index (χ3n) is 5.16. The lowest BCUT2D eigenvalue weighted by molar-refractivity contribution is -0.129. The average Bonchev–Trinajstić information content (AvgIpc) is 2.91. The van der Waals surface area contributed by atoms with Gasteiger partial charge in [-0.15, -0.1) is 0 Å². The van der Waals surface area contributed by atoms with Crippen LogP contribution in [0, 0.1) is 13.8 Å². The summed E-state index contributed by atoms with van der Waals surface area (Å²) in [6, 6.07) is 7.72. The van der Waals surface area contributed by atoms with Gasteiger partial charge in [0.2, 0.25) is 5.91 Å². The van der Waals surface area contributed by atoms with Crippen LogP contribution in [0.5, 0.6) is 0 Å². The second-order valence-electron chi connectivity index (χ2n) is 7.05. The Bertz CT molecular complexity index is 854. The number of hydrogen-bond donors (Lipinski definition) is 1. The first-order chi connectivity index (χ1) is 12.9. The Morgan fingerprint density at radius 3 is 2.52 bits per heavy atom. The van der Waals surface area contributed by atoms with Crippen molar-refractivity contribution in [3.05, 3.63) is 51.8 Å². The fraction of sp³-hybridized carbons (Fsp3) is 0.450. The first-order valence-corrected chi connectivity index (χ1v) is 9.58. The number of benzene rings is 1. The van der Waals surface area contributed by atoms with Crippen LogP contribution in [0.2, 0.25) is 5.02 Å². The van der Waals surface area contributed by atoms with Gasteiger partial charge in [0, 0.05) is 36.8 Å². The molecule has 0 atom stereocenters. The molecule has 1 saturated heterocycles. The minimum Gasteiger partial charge on any atom is -0.349 e. The number of nitrogens with one attached hydrogen (secondary N) is 1. The van der Waals surface area contributed by atoms with Gasteiger partial charge in [0.15, 0.2) is 0 Å². The van der Waals surface area contributed by atoms with Gasteiger partial charge in [-0.25, -0.2) is 0 Å². The van der Waals surface area contributed by atoms with Crippen LogP contribution < -0.4 is 5.32 Å². The van der Waals surface area contributed by atoms with E-state index in [4.69, 9.17) is 11.6 Å². The molecule has 1 aromatic carbocycles. The van der Waals surface area contributed by atoms with Crippen molar-refractivity contribution >= 4 is 23.4 Å². The Morgan fingerprint density at radius 2 is 1.89 bits per heavy atom. The molecule has 0 aliphatic carbocycles. The number of rotatable bonds is 4. The molecule has 1 N–H and O–H groups in total. The van der Waals surface area contributed by atoms with Gasteiger partial charge in [-0.3, -0.25) is 14.3 Å². The zero-order valence-corrected chi connectivity index (χ0v) is 16.7. The Kier molecular flexibility index (Phi) is 5.85. The number of hydrogen-bond acceptors (Lipinski definition) is 3. The lowest BCUT2D eigenvalue weighted by Gasteiger charge is -2.31. The van der Waals surface area contributed by atoms with E-state index in [9.17, 15) is 9.59 Å². The van der Waals surface area contributed by atoms with Gasteiger partial charge in [0.1, 0.15) is 0 Å². The molecule has 1 aliphatic rings. The van der Waals surface area contributed by atoms with Crippen LogP contribution in [-0.2, 0) is 11.3 Å². The van der Waals surface area contributed by atoms with E-state index in [0.29, 0.717) is 35.9 Å². The standard InChI is InChI=1S/C20H25ClN4O2/c1-13-19(20(27)22-17-8-10-24(11-9-17)15(3)26)14(2)25(23-13)12-16-6-4-5-7-18(16)21/h4-7,17H,8-12H2,1-3H3,(H,22,27). The predicted octanol–water partition coefficient (Wildman–Crippen LogP) is 2.94. The molecule has 0 bridgehead atoms. The van der Waals surface area contributed by atoms with Crippen molar-refractivity contribution < 1.29 is 9.59 Å². The van der Waals surface area contributed by atoms with Gasteiger partial charge in [-0.05, 0) is 38.3 Å². The van der Waals surface area contributed by atoms with E-state index in [2.05, 4.69) is 10.4 Å². The molecule has 1 aromatic heterocycles. The molecule has 2 heterocycles. The summed E-state index contributed by atoms with van der Waals surface area (Å²) in [7, 11) is 0. The zero-order valence-electron chi connectivity index (χ0n) is 16.0. The second kappa shape index (κ2) is 8.13. The summed E-state index contributed by atoms with van der Waals surface area (Å²) in [4.78, 5) is 26.1. The number of nitrogens with zero attached hydrogens (tertiary/aromatic N) is 3. The smallest absolute Gasteiger partial charge is 0.255 e. The fourth-order valence-corrected chi connectivity index (χ4v) is 3.76. The van der Waals surface area contributed by atoms with Crippen molar-refractivity contribution in [2.45, 2.75) is 46.2 Å². The Balaban J connectivity index is 1.70. The van der Waals surface area contributed by atoms with Crippen LogP contribution in [0.3, 0.4) is 0 Å². The predicted molar refractivity (Wildman–Crippen MR) is 105 cm³/mol. The summed E-state index contributed by atoms with van der Waals surface area (Å²) in [6.07, 6.45) is 1.55. The SMILES string of the molecule is CC(=O)N1CCC(NC(=O)c2c(C)nn(Cc3ccccc3Cl)c2C)CC1. The molecular formula is C20H25ClN4O2. The van der Waals surface area contributed by atoms with Crippen molar-refractivity contribution in [2.24, 2.45) is 0 Å². The molecule has 7 heteroatoms. The maximum Gasteiger partial charge on any atom is 0.255 e. The highest BCUT2D eigenvalue weighted by Gasteiger charge is 2.25. The van der Waals surface area contributed by atoms with Gasteiger partial charge >= 0.3 is 0 Å². The lowest BCUT2D eigenvalue weighted by atomic mass is 10.0. The summed E-state index contributed by atoms with van der Waals surface area (Å²) < 4.78 is 1.82. The largest absolute Gasteiger partial charge is 0.349 e. The number of piperidine rings is 1. The molecule has 2 aromatic rings. The third kappa shape index (κ3) is 4.33. The number of amides is 2. The average molecular weight is 389 g/mol. The molecule has 0 unspecified atom stereocenters. The van der Waals surface area contributed by atoms with Gasteiger partial charge in [0.05, 0.1) is 17.8 Å². The summed E-state index contributed by atoms with van der Waals surface area (Å²) in [6.45, 7) is 7.23. The van der Waals surface area contributed by atoms with Crippen molar-refractivity contribution in [1.82, 2.24) is 20.0 Å². The van der Waals surface area contributed by atoms with Gasteiger partial charge in [0.25, 0.3) is 5.91 Å². The number of carbonyl (C=O) groups is 2. The van der Waals surface area contributed by atoms with E-state index in [-0.39, 0.29) is 17.9 Å². The first kappa shape index (κ1) is 19.4. The summed E-state index contributed by atoms with van der Waals surface area (Å²) in [5.41, 5.74) is 3.12. The topological polar surface area (TPSA) is 67.2 Å². The van der Waals surface area contributed by atoms with Crippen LogP contribution in [0.15, 0.2) is 24.3 Å². The van der Waals surface area contributed by atoms with E-state index < -0.39 is 0 Å². The molecule has 2 amide bonds. The number of aryl methyl sites for hydroxylation is 1. The van der Waals surface area contributed by atoms with Crippen LogP contribution >= 0.6 is 11.6 Å². The second-order valence-corrected chi connectivity index (χ2v) is 7.46. The monoisotopic (exact) mass is 388 g/mol. The fourth-order valence-electron chi connectivity index (χ4n) is 3.56. The van der Waals surface area contributed by atoms with E-state index in [1.807, 2.05) is 47.7 Å². The molecule has 6 nitrogen and oxygen atoms in total. The molecule has 0 saturated carbocycles. The van der Waals surface area contributed by atoms with Crippen LogP contribution in [-0.4, -0.2) is 45.6 Å². The normalized spacial score (nSPS) is 15.0. The number of carbonyl (C=O) groups excluding carboxylic acids is 2. The van der Waals surface area contributed by atoms with Gasteiger partial charge < -0.3 is 10.2 Å². The number of halogens is 1. The van der Waals surface area contributed by atoms with Crippen molar-refractivity contribution in [3.8, 4) is 0 Å². The maximum atomic E-state index is 12.8. The molecule has 3 rings (SSSR count). The number of likely N-dealkylation sites (tertiary alicyclic amines) is 1. The Morgan fingerprint density at radius 1 is 1.22 bits per heavy atom. The van der Waals surface area contributed by atoms with Gasteiger partial charge in [-0.2, -0.15) is 5.10 Å². The van der Waals surface area contributed by atoms with Crippen molar-refractivity contribution in [2.75, 3.05) is 13.1 Å². The van der Waals surface area contributed by atoms with Crippen molar-refractivity contribution in [3.63, 3.8) is 0 Å². The molecule has 27 heavy (non-hydrogen) atoms. The first-order valence-electron chi connectivity index (χ1n) is 9.20. The Labute approximate surface area is 164 Å². The summed E-state index contributed by atoms with van der Waals surface area (Å²) in [5, 5.41) is 8.34.